The van der Waals surface area contributed by atoms with Crippen LogP contribution in [0, 0.1) is 0 Å². The van der Waals surface area contributed by atoms with E-state index in [9.17, 15) is 15.3 Å². The number of aromatic hydroxyl groups is 3. The highest BCUT2D eigenvalue weighted by atomic mass is 16.5. The number of unbranched alkanes of at least 4 members (excludes halogenated alkanes) is 15. The lowest BCUT2D eigenvalue weighted by atomic mass is 9.86. The predicted molar refractivity (Wildman–Crippen MR) is 212 cm³/mol. The minimum absolute atomic E-state index is 0.136. The van der Waals surface area contributed by atoms with Crippen molar-refractivity contribution in [2.24, 2.45) is 0 Å². The van der Waals surface area contributed by atoms with Crippen LogP contribution in [0.3, 0.4) is 0 Å². The molecule has 272 valence electrons. The van der Waals surface area contributed by atoms with Crippen LogP contribution in [0.2, 0.25) is 0 Å². The molecule has 0 saturated heterocycles. The Kier molecular flexibility index (Phi) is 18.4. The molecular formula is C46H64O4. The Hall–Kier alpha value is -3.92. The van der Waals surface area contributed by atoms with Crippen molar-refractivity contribution in [2.45, 2.75) is 136 Å². The van der Waals surface area contributed by atoms with E-state index in [1.807, 2.05) is 93.6 Å². The second-order valence-corrected chi connectivity index (χ2v) is 14.7. The molecule has 4 aromatic carbocycles. The van der Waals surface area contributed by atoms with E-state index in [-0.39, 0.29) is 16.9 Å². The van der Waals surface area contributed by atoms with Crippen molar-refractivity contribution in [1.82, 2.24) is 0 Å². The summed E-state index contributed by atoms with van der Waals surface area (Å²) in [6.45, 7) is 8.97. The van der Waals surface area contributed by atoms with E-state index in [1.54, 1.807) is 6.07 Å². The van der Waals surface area contributed by atoms with Crippen molar-refractivity contribution in [3.05, 3.63) is 96.6 Å². The number of hydrogen-bond donors (Lipinski definition) is 3. The predicted octanol–water partition coefficient (Wildman–Crippen LogP) is 13.8. The number of ether oxygens (including phenoxy) is 1. The molecule has 4 aromatic rings. The molecular weight excluding hydrogens is 617 g/mol. The van der Waals surface area contributed by atoms with Gasteiger partial charge in [-0.25, -0.2) is 0 Å². The molecule has 0 amide bonds. The van der Waals surface area contributed by atoms with Crippen LogP contribution in [0.5, 0.6) is 23.0 Å². The number of hydrogen-bond acceptors (Lipinski definition) is 4. The lowest BCUT2D eigenvalue weighted by Crippen LogP contribution is -2.10. The van der Waals surface area contributed by atoms with Gasteiger partial charge in [-0.05, 0) is 53.3 Å². The number of phenolic OH excluding ortho intramolecular Hbond substituents is 3. The minimum Gasteiger partial charge on any atom is -0.508 e. The van der Waals surface area contributed by atoms with Gasteiger partial charge in [0.05, 0.1) is 6.61 Å². The van der Waals surface area contributed by atoms with Crippen molar-refractivity contribution in [2.75, 3.05) is 6.61 Å². The van der Waals surface area contributed by atoms with Crippen molar-refractivity contribution in [3.63, 3.8) is 0 Å². The van der Waals surface area contributed by atoms with Crippen molar-refractivity contribution in [1.29, 1.82) is 0 Å². The number of phenols is 3. The van der Waals surface area contributed by atoms with Crippen LogP contribution in [0.1, 0.15) is 136 Å². The Labute approximate surface area is 303 Å². The van der Waals surface area contributed by atoms with Crippen LogP contribution in [0.4, 0.5) is 0 Å². The first-order valence-electron chi connectivity index (χ1n) is 19.3. The van der Waals surface area contributed by atoms with Crippen LogP contribution in [-0.4, -0.2) is 21.9 Å². The summed E-state index contributed by atoms with van der Waals surface area (Å²) >= 11 is 0. The average Bonchev–Trinajstić information content (AvgIpc) is 3.11. The van der Waals surface area contributed by atoms with Crippen molar-refractivity contribution in [3.8, 4) is 45.3 Å². The highest BCUT2D eigenvalue weighted by molar-refractivity contribution is 5.83. The lowest BCUT2D eigenvalue weighted by molar-refractivity contribution is 0.304. The highest BCUT2D eigenvalue weighted by Gasteiger charge is 2.18. The summed E-state index contributed by atoms with van der Waals surface area (Å²) in [5.41, 5.74) is 4.25. The van der Waals surface area contributed by atoms with E-state index in [4.69, 9.17) is 4.74 Å². The number of rotatable bonds is 20. The molecule has 0 aromatic heterocycles. The summed E-state index contributed by atoms with van der Waals surface area (Å²) in [4.78, 5) is 0. The second-order valence-electron chi connectivity index (χ2n) is 14.7. The van der Waals surface area contributed by atoms with E-state index < -0.39 is 0 Å². The van der Waals surface area contributed by atoms with Gasteiger partial charge in [0.15, 0.2) is 0 Å². The Balaban J connectivity index is 0.000000474. The summed E-state index contributed by atoms with van der Waals surface area (Å²) in [5.74, 6) is 1.55. The summed E-state index contributed by atoms with van der Waals surface area (Å²) < 4.78 is 6.19. The molecule has 4 heteroatoms. The van der Waals surface area contributed by atoms with Gasteiger partial charge in [0, 0.05) is 16.7 Å². The molecule has 0 aliphatic rings. The zero-order chi connectivity index (χ0) is 36.0. The maximum absolute atomic E-state index is 11.1. The summed E-state index contributed by atoms with van der Waals surface area (Å²) in [6.07, 6.45) is 21.9. The average molecular weight is 681 g/mol. The monoisotopic (exact) mass is 680 g/mol. The highest BCUT2D eigenvalue weighted by Crippen LogP contribution is 2.41. The van der Waals surface area contributed by atoms with Gasteiger partial charge in [-0.2, -0.15) is 0 Å². The van der Waals surface area contributed by atoms with Crippen LogP contribution in [0.25, 0.3) is 22.3 Å². The topological polar surface area (TPSA) is 69.9 Å². The Bertz CT molecular complexity index is 1410. The SMILES string of the molecule is CC(C)(C)c1cc(O)ccc1O.CCCCCCCCCCCCCCCCCCOc1cc(-c2ccccc2)c(O)c(-c2ccccc2)c1. The molecule has 0 heterocycles. The molecule has 0 unspecified atom stereocenters. The molecule has 0 saturated carbocycles. The quantitative estimate of drug-likeness (QED) is 0.0642. The summed E-state index contributed by atoms with van der Waals surface area (Å²) in [7, 11) is 0. The Morgan fingerprint density at radius 2 is 0.920 bits per heavy atom. The van der Waals surface area contributed by atoms with Crippen LogP contribution in [-0.2, 0) is 5.41 Å². The third-order valence-electron chi connectivity index (χ3n) is 9.31. The van der Waals surface area contributed by atoms with E-state index >= 15 is 0 Å². The lowest BCUT2D eigenvalue weighted by Gasteiger charge is -2.20. The van der Waals surface area contributed by atoms with Gasteiger partial charge in [0.2, 0.25) is 0 Å². The standard InChI is InChI=1S/C36H50O2.C10H14O2/c1-2-3-4-5-6-7-8-9-10-11-12-13-14-15-16-23-28-38-33-29-34(31-24-19-17-20-25-31)36(37)35(30-33)32-26-21-18-22-27-32;1-10(2,3)8-6-7(11)4-5-9(8)12/h17-22,24-27,29-30,37H,2-16,23,28H2,1H3;4-6,11-12H,1-3H3. The molecule has 0 spiro atoms. The first kappa shape index (κ1) is 40.5. The molecule has 4 nitrogen and oxygen atoms in total. The largest absolute Gasteiger partial charge is 0.508 e. The van der Waals surface area contributed by atoms with E-state index in [2.05, 4.69) is 6.92 Å². The molecule has 0 atom stereocenters. The van der Waals surface area contributed by atoms with Gasteiger partial charge in [-0.15, -0.1) is 0 Å². The van der Waals surface area contributed by atoms with Crippen LogP contribution >= 0.6 is 0 Å². The molecule has 0 bridgehead atoms. The van der Waals surface area contributed by atoms with Crippen molar-refractivity contribution < 1.29 is 20.1 Å². The molecule has 4 rings (SSSR count). The summed E-state index contributed by atoms with van der Waals surface area (Å²) in [6, 6.07) is 28.7. The zero-order valence-electron chi connectivity index (χ0n) is 31.4. The summed E-state index contributed by atoms with van der Waals surface area (Å²) in [5, 5.41) is 29.7. The first-order chi connectivity index (χ1) is 24.2. The van der Waals surface area contributed by atoms with Gasteiger partial charge < -0.3 is 20.1 Å². The van der Waals surface area contributed by atoms with Gasteiger partial charge in [0.1, 0.15) is 23.0 Å². The molecule has 3 N–H and O–H groups in total. The van der Waals surface area contributed by atoms with E-state index in [0.29, 0.717) is 12.4 Å². The maximum atomic E-state index is 11.1. The van der Waals surface area contributed by atoms with Crippen LogP contribution in [0.15, 0.2) is 91.0 Å². The second kappa shape index (κ2) is 22.7. The van der Waals surface area contributed by atoms with Gasteiger partial charge in [-0.3, -0.25) is 0 Å². The first-order valence-corrected chi connectivity index (χ1v) is 19.3. The fraction of sp³-hybridized carbons (Fsp3) is 0.478. The van der Waals surface area contributed by atoms with Gasteiger partial charge in [-0.1, -0.05) is 185 Å². The molecule has 0 aliphatic carbocycles. The van der Waals surface area contributed by atoms with E-state index in [1.165, 1.54) is 108 Å². The van der Waals surface area contributed by atoms with Gasteiger partial charge in [0.25, 0.3) is 0 Å². The molecule has 0 aliphatic heterocycles. The van der Waals surface area contributed by atoms with E-state index in [0.717, 1.165) is 40.0 Å². The fourth-order valence-electron chi connectivity index (χ4n) is 6.33. The third kappa shape index (κ3) is 14.9. The normalized spacial score (nSPS) is 11.2. The Morgan fingerprint density at radius 3 is 1.32 bits per heavy atom. The fourth-order valence-corrected chi connectivity index (χ4v) is 6.33. The van der Waals surface area contributed by atoms with Crippen LogP contribution < -0.4 is 4.74 Å². The zero-order valence-corrected chi connectivity index (χ0v) is 31.4. The minimum atomic E-state index is -0.136. The van der Waals surface area contributed by atoms with Crippen molar-refractivity contribution >= 4 is 0 Å². The van der Waals surface area contributed by atoms with Gasteiger partial charge >= 0.3 is 0 Å². The maximum Gasteiger partial charge on any atom is 0.131 e. The number of benzene rings is 4. The molecule has 50 heavy (non-hydrogen) atoms. The Morgan fingerprint density at radius 1 is 0.500 bits per heavy atom. The molecule has 0 fully saturated rings. The third-order valence-corrected chi connectivity index (χ3v) is 9.31. The molecule has 0 radical (unpaired) electrons. The smallest absolute Gasteiger partial charge is 0.131 e.